The Labute approximate surface area is 138 Å². The highest BCUT2D eigenvalue weighted by Crippen LogP contribution is 2.40. The smallest absolute Gasteiger partial charge is 0.140 e. The van der Waals surface area contributed by atoms with Crippen LogP contribution in [0.15, 0.2) is 40.9 Å². The van der Waals surface area contributed by atoms with Crippen LogP contribution in [0.1, 0.15) is 35.8 Å². The molecule has 23 heavy (non-hydrogen) atoms. The predicted molar refractivity (Wildman–Crippen MR) is 90.3 cm³/mol. The summed E-state index contributed by atoms with van der Waals surface area (Å²) in [5.41, 5.74) is 2.54. The molecule has 0 bridgehead atoms. The molecular formula is C19H25N3O. The molecule has 1 saturated carbocycles. The van der Waals surface area contributed by atoms with Crippen LogP contribution in [-0.2, 0) is 13.0 Å². The van der Waals surface area contributed by atoms with E-state index in [4.69, 9.17) is 4.52 Å². The molecule has 4 nitrogen and oxygen atoms in total. The van der Waals surface area contributed by atoms with Gasteiger partial charge in [0.1, 0.15) is 5.76 Å². The molecule has 1 aromatic heterocycles. The SMILES string of the molecule is c1ccc(CCN2CCN(Cc3cc(C4CC4)on3)CC2)cc1. The van der Waals surface area contributed by atoms with Gasteiger partial charge in [0.05, 0.1) is 5.69 Å². The Bertz CT molecular complexity index is 613. The minimum Gasteiger partial charge on any atom is -0.361 e. The summed E-state index contributed by atoms with van der Waals surface area (Å²) in [6.07, 6.45) is 3.69. The molecule has 2 fully saturated rings. The fraction of sp³-hybridized carbons (Fsp3) is 0.526. The van der Waals surface area contributed by atoms with Gasteiger partial charge in [-0.3, -0.25) is 4.90 Å². The Morgan fingerprint density at radius 3 is 2.48 bits per heavy atom. The number of rotatable bonds is 6. The highest BCUT2D eigenvalue weighted by molar-refractivity contribution is 5.15. The van der Waals surface area contributed by atoms with Crippen molar-refractivity contribution in [1.82, 2.24) is 15.0 Å². The van der Waals surface area contributed by atoms with E-state index in [1.807, 2.05) is 0 Å². The lowest BCUT2D eigenvalue weighted by Gasteiger charge is -2.34. The van der Waals surface area contributed by atoms with Crippen LogP contribution in [0.3, 0.4) is 0 Å². The molecule has 0 N–H and O–H groups in total. The predicted octanol–water partition coefficient (Wildman–Crippen LogP) is 2.91. The second kappa shape index (κ2) is 6.85. The van der Waals surface area contributed by atoms with Crippen molar-refractivity contribution in [2.45, 2.75) is 31.7 Å². The van der Waals surface area contributed by atoms with Crippen LogP contribution in [0.4, 0.5) is 0 Å². The quantitative estimate of drug-likeness (QED) is 0.821. The van der Waals surface area contributed by atoms with Crippen LogP contribution in [0.5, 0.6) is 0 Å². The van der Waals surface area contributed by atoms with Crippen molar-refractivity contribution in [2.75, 3.05) is 32.7 Å². The third-order valence-corrected chi connectivity index (χ3v) is 4.97. The number of hydrogen-bond donors (Lipinski definition) is 0. The van der Waals surface area contributed by atoms with Gasteiger partial charge in [-0.2, -0.15) is 0 Å². The lowest BCUT2D eigenvalue weighted by molar-refractivity contribution is 0.126. The van der Waals surface area contributed by atoms with Crippen molar-refractivity contribution in [1.29, 1.82) is 0 Å². The van der Waals surface area contributed by atoms with Gasteiger partial charge >= 0.3 is 0 Å². The van der Waals surface area contributed by atoms with E-state index < -0.39 is 0 Å². The van der Waals surface area contributed by atoms with Gasteiger partial charge in [-0.1, -0.05) is 35.5 Å². The number of aromatic nitrogens is 1. The standard InChI is InChI=1S/C19H25N3O/c1-2-4-16(5-3-1)8-9-21-10-12-22(13-11-21)15-18-14-19(23-20-18)17-6-7-17/h1-5,14,17H,6-13,15H2. The maximum Gasteiger partial charge on any atom is 0.140 e. The lowest BCUT2D eigenvalue weighted by Crippen LogP contribution is -2.46. The molecule has 0 amide bonds. The van der Waals surface area contributed by atoms with Gasteiger partial charge in [0.25, 0.3) is 0 Å². The highest BCUT2D eigenvalue weighted by atomic mass is 16.5. The van der Waals surface area contributed by atoms with Gasteiger partial charge in [-0.15, -0.1) is 0 Å². The zero-order valence-corrected chi connectivity index (χ0v) is 13.7. The van der Waals surface area contributed by atoms with E-state index in [1.165, 1.54) is 18.4 Å². The molecule has 1 aromatic carbocycles. The number of hydrogen-bond acceptors (Lipinski definition) is 4. The first-order chi connectivity index (χ1) is 11.4. The molecule has 0 spiro atoms. The summed E-state index contributed by atoms with van der Waals surface area (Å²) < 4.78 is 5.45. The number of piperazine rings is 1. The van der Waals surface area contributed by atoms with E-state index in [0.717, 1.165) is 57.1 Å². The molecule has 0 atom stereocenters. The summed E-state index contributed by atoms with van der Waals surface area (Å²) in [4.78, 5) is 5.06. The average Bonchev–Trinajstić information content (AvgIpc) is 3.35. The van der Waals surface area contributed by atoms with Crippen molar-refractivity contribution in [3.8, 4) is 0 Å². The summed E-state index contributed by atoms with van der Waals surface area (Å²) in [5, 5.41) is 4.24. The number of benzene rings is 1. The molecule has 2 heterocycles. The molecule has 1 saturated heterocycles. The van der Waals surface area contributed by atoms with E-state index in [0.29, 0.717) is 5.92 Å². The van der Waals surface area contributed by atoms with Crippen molar-refractivity contribution in [2.24, 2.45) is 0 Å². The molecule has 4 heteroatoms. The van der Waals surface area contributed by atoms with Crippen molar-refractivity contribution in [3.05, 3.63) is 53.4 Å². The Kier molecular flexibility index (Phi) is 4.44. The van der Waals surface area contributed by atoms with Gasteiger partial charge in [0.2, 0.25) is 0 Å². The zero-order valence-electron chi connectivity index (χ0n) is 13.7. The third-order valence-electron chi connectivity index (χ3n) is 4.97. The van der Waals surface area contributed by atoms with Crippen LogP contribution in [0.25, 0.3) is 0 Å². The fourth-order valence-electron chi connectivity index (χ4n) is 3.30. The summed E-state index contributed by atoms with van der Waals surface area (Å²) in [7, 11) is 0. The summed E-state index contributed by atoms with van der Waals surface area (Å²) >= 11 is 0. The van der Waals surface area contributed by atoms with E-state index in [2.05, 4.69) is 51.4 Å². The van der Waals surface area contributed by atoms with Crippen LogP contribution in [0.2, 0.25) is 0 Å². The molecule has 4 rings (SSSR count). The highest BCUT2D eigenvalue weighted by Gasteiger charge is 2.28. The Balaban J connectivity index is 1.21. The van der Waals surface area contributed by atoms with Gasteiger partial charge in [-0.05, 0) is 24.8 Å². The van der Waals surface area contributed by atoms with Crippen molar-refractivity contribution in [3.63, 3.8) is 0 Å². The monoisotopic (exact) mass is 311 g/mol. The Morgan fingerprint density at radius 1 is 1.00 bits per heavy atom. The van der Waals surface area contributed by atoms with E-state index in [1.54, 1.807) is 0 Å². The average molecular weight is 311 g/mol. The third kappa shape index (κ3) is 4.01. The topological polar surface area (TPSA) is 32.5 Å². The largest absolute Gasteiger partial charge is 0.361 e. The van der Waals surface area contributed by atoms with Gasteiger partial charge < -0.3 is 9.42 Å². The molecule has 0 unspecified atom stereocenters. The summed E-state index contributed by atoms with van der Waals surface area (Å²) in [6.45, 7) is 6.65. The maximum absolute atomic E-state index is 5.45. The second-order valence-electron chi connectivity index (χ2n) is 6.85. The number of nitrogens with zero attached hydrogens (tertiary/aromatic N) is 3. The van der Waals surface area contributed by atoms with Crippen LogP contribution in [-0.4, -0.2) is 47.7 Å². The van der Waals surface area contributed by atoms with Crippen LogP contribution >= 0.6 is 0 Å². The van der Waals surface area contributed by atoms with Gasteiger partial charge in [0.15, 0.2) is 0 Å². The molecule has 1 aliphatic carbocycles. The minimum atomic E-state index is 0.658. The lowest BCUT2D eigenvalue weighted by atomic mass is 10.1. The van der Waals surface area contributed by atoms with E-state index in [9.17, 15) is 0 Å². The Hall–Kier alpha value is -1.65. The van der Waals surface area contributed by atoms with Crippen LogP contribution < -0.4 is 0 Å². The van der Waals surface area contributed by atoms with E-state index in [-0.39, 0.29) is 0 Å². The molecule has 2 aromatic rings. The normalized spacial score (nSPS) is 20.0. The summed E-state index contributed by atoms with van der Waals surface area (Å²) in [6, 6.07) is 12.9. The van der Waals surface area contributed by atoms with E-state index >= 15 is 0 Å². The van der Waals surface area contributed by atoms with Crippen LogP contribution in [0, 0.1) is 0 Å². The first kappa shape index (κ1) is 14.9. The zero-order chi connectivity index (χ0) is 15.5. The second-order valence-corrected chi connectivity index (χ2v) is 6.85. The first-order valence-electron chi connectivity index (χ1n) is 8.81. The van der Waals surface area contributed by atoms with Gasteiger partial charge in [-0.25, -0.2) is 0 Å². The first-order valence-corrected chi connectivity index (χ1v) is 8.81. The summed E-state index contributed by atoms with van der Waals surface area (Å²) in [5.74, 6) is 1.76. The maximum atomic E-state index is 5.45. The Morgan fingerprint density at radius 2 is 1.74 bits per heavy atom. The van der Waals surface area contributed by atoms with Crippen molar-refractivity contribution < 1.29 is 4.52 Å². The minimum absolute atomic E-state index is 0.658. The molecule has 2 aliphatic rings. The molecule has 1 aliphatic heterocycles. The molecule has 0 radical (unpaired) electrons. The fourth-order valence-corrected chi connectivity index (χ4v) is 3.30. The molecular weight excluding hydrogens is 286 g/mol. The molecule has 122 valence electrons. The van der Waals surface area contributed by atoms with Crippen molar-refractivity contribution >= 4 is 0 Å². The van der Waals surface area contributed by atoms with Gasteiger partial charge in [0, 0.05) is 51.3 Å².